The quantitative estimate of drug-likeness (QED) is 0.0330. The summed E-state index contributed by atoms with van der Waals surface area (Å²) in [6.45, 7) is 0. The van der Waals surface area contributed by atoms with Crippen LogP contribution in [0.25, 0.3) is 12.2 Å². The molecule has 8 rings (SSSR count). The van der Waals surface area contributed by atoms with E-state index in [2.05, 4.69) is 62.5 Å². The Kier molecular flexibility index (Phi) is 15.7. The lowest BCUT2D eigenvalue weighted by atomic mass is 10.1. The van der Waals surface area contributed by atoms with E-state index in [0.717, 1.165) is 85.5 Å². The number of nitrogens with zero attached hydrogens (tertiary/aromatic N) is 4. The van der Waals surface area contributed by atoms with Gasteiger partial charge < -0.3 is 42.5 Å². The first-order valence-electron chi connectivity index (χ1n) is 21.9. The number of benzene rings is 6. The zero-order valence-electron chi connectivity index (χ0n) is 39.8. The van der Waals surface area contributed by atoms with Gasteiger partial charge in [-0.15, -0.1) is 0 Å². The maximum absolute atomic E-state index is 13.0. The molecule has 0 spiro atoms. The smallest absolute Gasteiger partial charge is 0.313 e. The molecule has 0 radical (unpaired) electrons. The fourth-order valence-corrected chi connectivity index (χ4v) is 10.6. The molecule has 420 valence electrons. The SMILES string of the molecule is O=S(=O)(O)c1ccc(NC2=NC(Nc3ccc(S(=O)(=O)O)cc3)(Nc3ccc(C=Cc4ccc(NC5(Nc6ccc(S(=O)(=O)O)cc6)N=CNC(Nc6ccc(S(=O)(=O)O)cc6)=N5)cc4S(=O)(=O)O)c(S(=O)(=O)O)c3)N=CN2)cc1. The van der Waals surface area contributed by atoms with Gasteiger partial charge in [0.1, 0.15) is 9.79 Å². The summed E-state index contributed by atoms with van der Waals surface area (Å²) in [4.78, 5) is 14.4. The summed E-state index contributed by atoms with van der Waals surface area (Å²) in [6, 6.07) is 25.5. The summed E-state index contributed by atoms with van der Waals surface area (Å²) in [5, 5.41) is 22.8. The van der Waals surface area contributed by atoms with Crippen molar-refractivity contribution in [1.29, 1.82) is 0 Å². The first-order valence-corrected chi connectivity index (χ1v) is 30.6. The fourth-order valence-electron chi connectivity index (χ4n) is 7.30. The number of hydrogen-bond donors (Lipinski definition) is 14. The van der Waals surface area contributed by atoms with Crippen LogP contribution in [0, 0.1) is 0 Å². The van der Waals surface area contributed by atoms with Gasteiger partial charge in [0.05, 0.1) is 32.3 Å². The van der Waals surface area contributed by atoms with Crippen LogP contribution in [0.3, 0.4) is 0 Å². The van der Waals surface area contributed by atoms with E-state index < -0.39 is 102 Å². The highest BCUT2D eigenvalue weighted by Crippen LogP contribution is 2.32. The predicted octanol–water partition coefficient (Wildman–Crippen LogP) is 3.81. The van der Waals surface area contributed by atoms with Crippen molar-refractivity contribution >= 4 is 132 Å². The first-order chi connectivity index (χ1) is 37.2. The molecule has 6 aromatic rings. The van der Waals surface area contributed by atoms with Crippen LogP contribution in [0.4, 0.5) is 34.1 Å². The summed E-state index contributed by atoms with van der Waals surface area (Å²) >= 11 is 0. The number of rotatable bonds is 18. The minimum Gasteiger partial charge on any atom is -0.326 e. The third-order valence-corrected chi connectivity index (χ3v) is 16.2. The second-order valence-electron chi connectivity index (χ2n) is 16.6. The van der Waals surface area contributed by atoms with Gasteiger partial charge in [-0.25, -0.2) is 9.98 Å². The van der Waals surface area contributed by atoms with Crippen molar-refractivity contribution in [2.75, 3.05) is 31.9 Å². The molecule has 0 amide bonds. The van der Waals surface area contributed by atoms with E-state index in [1.165, 1.54) is 72.8 Å². The van der Waals surface area contributed by atoms with E-state index in [9.17, 15) is 77.8 Å². The Labute approximate surface area is 455 Å². The Hall–Kier alpha value is -8.40. The lowest BCUT2D eigenvalue weighted by molar-refractivity contribution is 0.480. The molecular weight excluding hydrogens is 1180 g/mol. The van der Waals surface area contributed by atoms with Crippen molar-refractivity contribution in [3.63, 3.8) is 0 Å². The van der Waals surface area contributed by atoms with Gasteiger partial charge in [-0.3, -0.25) is 27.3 Å². The zero-order valence-corrected chi connectivity index (χ0v) is 44.7. The van der Waals surface area contributed by atoms with Crippen LogP contribution >= 0.6 is 0 Å². The van der Waals surface area contributed by atoms with Crippen molar-refractivity contribution < 1.29 is 77.8 Å². The zero-order chi connectivity index (χ0) is 58.1. The Balaban J connectivity index is 1.12. The molecule has 80 heavy (non-hydrogen) atoms. The maximum atomic E-state index is 13.0. The molecule has 2 aliphatic heterocycles. The normalized spacial score (nSPS) is 17.8. The average Bonchev–Trinajstić information content (AvgIpc) is 3.42. The van der Waals surface area contributed by atoms with E-state index >= 15 is 0 Å². The molecule has 0 bridgehead atoms. The molecule has 2 heterocycles. The summed E-state index contributed by atoms with van der Waals surface area (Å²) in [5.74, 6) is -4.30. The van der Waals surface area contributed by atoms with E-state index in [-0.39, 0.29) is 57.2 Å². The van der Waals surface area contributed by atoms with Crippen LogP contribution in [-0.2, 0) is 60.7 Å². The molecule has 30 nitrogen and oxygen atoms in total. The van der Waals surface area contributed by atoms with Gasteiger partial charge >= 0.3 is 11.8 Å². The largest absolute Gasteiger partial charge is 0.326 e. The summed E-state index contributed by atoms with van der Waals surface area (Å²) in [7, 11) is -28.6. The molecular formula is C44H40N12O18S6. The molecule has 36 heteroatoms. The third-order valence-electron chi connectivity index (χ3n) is 10.9. The van der Waals surface area contributed by atoms with Crippen molar-refractivity contribution in [1.82, 2.24) is 10.6 Å². The molecule has 0 fully saturated rings. The average molecular weight is 1220 g/mol. The minimum atomic E-state index is -5.15. The van der Waals surface area contributed by atoms with Gasteiger partial charge in [0.15, 0.2) is 0 Å². The molecule has 0 saturated heterocycles. The lowest BCUT2D eigenvalue weighted by Gasteiger charge is -2.33. The summed E-state index contributed by atoms with van der Waals surface area (Å²) in [6.07, 6.45) is 4.44. The standard InChI is InChI=1S/C44H40N12O18S6/c57-75(58,59)35-15-7-29(8-16-35)49-41-45-25-47-43(55-41,51-31-11-19-37(20-12-31)77(63,64)65)53-33-5-3-27(39(23-33)79(69,70)71)1-2-28-4-6-34(24-40(28)80(72,73)74)54-44(52-32-13-21-38(22-14-32)78(66,67)68)48-26-46-42(56-44)50-30-9-17-36(18-10-30)76(60,61)62/h1-26,51-54H,(H,57,58,59)(H,60,61,62)(H,63,64,65)(H,66,67,68)(H,69,70,71)(H,72,73,74)(H2,45,47,49,55)(H2,46,48,50,56). The van der Waals surface area contributed by atoms with Crippen molar-refractivity contribution in [2.24, 2.45) is 20.0 Å². The molecule has 2 unspecified atom stereocenters. The second-order valence-corrected chi connectivity index (χ2v) is 25.1. The number of aliphatic imine (C=N–C) groups is 4. The Morgan fingerprint density at radius 3 is 0.887 bits per heavy atom. The van der Waals surface area contributed by atoms with E-state index in [1.54, 1.807) is 0 Å². The van der Waals surface area contributed by atoms with E-state index in [1.807, 2.05) is 0 Å². The minimum absolute atomic E-state index is 0.0822. The van der Waals surface area contributed by atoms with Crippen LogP contribution in [-0.4, -0.2) is 114 Å². The third kappa shape index (κ3) is 14.4. The molecule has 0 aliphatic carbocycles. The van der Waals surface area contributed by atoms with Crippen LogP contribution in [0.1, 0.15) is 11.1 Å². The van der Waals surface area contributed by atoms with Crippen LogP contribution in [0.15, 0.2) is 183 Å². The Morgan fingerprint density at radius 2 is 0.613 bits per heavy atom. The predicted molar refractivity (Wildman–Crippen MR) is 292 cm³/mol. The van der Waals surface area contributed by atoms with Gasteiger partial charge in [0.25, 0.3) is 60.7 Å². The topological polar surface area (TPSA) is 472 Å². The molecule has 14 N–H and O–H groups in total. The van der Waals surface area contributed by atoms with Crippen molar-refractivity contribution in [3.8, 4) is 0 Å². The van der Waals surface area contributed by atoms with Gasteiger partial charge in [0, 0.05) is 34.1 Å². The monoisotopic (exact) mass is 1220 g/mol. The molecule has 0 aromatic heterocycles. The first kappa shape index (κ1) is 57.8. The fraction of sp³-hybridized carbons (Fsp3) is 0.0455. The van der Waals surface area contributed by atoms with Crippen molar-refractivity contribution in [2.45, 2.75) is 41.2 Å². The van der Waals surface area contributed by atoms with Crippen LogP contribution in [0.2, 0.25) is 0 Å². The van der Waals surface area contributed by atoms with Crippen LogP contribution < -0.4 is 42.5 Å². The number of anilines is 6. The van der Waals surface area contributed by atoms with Crippen LogP contribution in [0.5, 0.6) is 0 Å². The molecule has 2 atom stereocenters. The van der Waals surface area contributed by atoms with Gasteiger partial charge in [-0.05, 0) is 132 Å². The lowest BCUT2D eigenvalue weighted by Crippen LogP contribution is -2.50. The number of hydrogen-bond acceptors (Lipinski definition) is 24. The molecule has 6 aromatic carbocycles. The van der Waals surface area contributed by atoms with Gasteiger partial charge in [-0.1, -0.05) is 24.3 Å². The summed E-state index contributed by atoms with van der Waals surface area (Å²) in [5.41, 5.74) is 0.0111. The summed E-state index contributed by atoms with van der Waals surface area (Å²) < 4.78 is 204. The Morgan fingerprint density at radius 1 is 0.350 bits per heavy atom. The number of guanidine groups is 2. The van der Waals surface area contributed by atoms with Gasteiger partial charge in [-0.2, -0.15) is 60.5 Å². The Bertz CT molecular complexity index is 4010. The van der Waals surface area contributed by atoms with Crippen molar-refractivity contribution in [3.05, 3.63) is 145 Å². The molecule has 2 aliphatic rings. The highest BCUT2D eigenvalue weighted by Gasteiger charge is 2.35. The van der Waals surface area contributed by atoms with Gasteiger partial charge in [0.2, 0.25) is 11.9 Å². The second kappa shape index (κ2) is 21.7. The number of nitrogens with one attached hydrogen (secondary N) is 8. The van der Waals surface area contributed by atoms with E-state index in [4.69, 9.17) is 0 Å². The maximum Gasteiger partial charge on any atom is 0.313 e. The highest BCUT2D eigenvalue weighted by atomic mass is 32.2. The van der Waals surface area contributed by atoms with E-state index in [0.29, 0.717) is 0 Å². The highest BCUT2D eigenvalue weighted by molar-refractivity contribution is 7.87. The molecule has 0 saturated carbocycles.